The fourth-order valence-corrected chi connectivity index (χ4v) is 5.00. The second-order valence-electron chi connectivity index (χ2n) is 6.95. The van der Waals surface area contributed by atoms with Gasteiger partial charge in [-0.15, -0.1) is 0 Å². The molecule has 166 valence electrons. The van der Waals surface area contributed by atoms with Crippen LogP contribution in [0, 0.1) is 17.0 Å². The minimum atomic E-state index is -4.70. The number of nitrogens with zero attached hydrogens (tertiary/aromatic N) is 3. The third kappa shape index (κ3) is 4.54. The van der Waals surface area contributed by atoms with Crippen LogP contribution in [0.25, 0.3) is 0 Å². The van der Waals surface area contributed by atoms with Gasteiger partial charge in [-0.25, -0.2) is 8.42 Å². The SMILES string of the molecule is Cc1ccc([N+](=O)[O-])cc1S(=O)(=O)N1CCN(C(=O)c2ccccc2C(F)(F)F)CC1. The molecule has 1 aliphatic rings. The van der Waals surface area contributed by atoms with E-state index in [-0.39, 0.29) is 36.8 Å². The van der Waals surface area contributed by atoms with E-state index in [0.717, 1.165) is 27.4 Å². The van der Waals surface area contributed by atoms with Crippen molar-refractivity contribution in [1.82, 2.24) is 9.21 Å². The zero-order valence-corrected chi connectivity index (χ0v) is 17.1. The summed E-state index contributed by atoms with van der Waals surface area (Å²) in [6, 6.07) is 7.92. The molecule has 0 spiro atoms. The van der Waals surface area contributed by atoms with Crippen molar-refractivity contribution in [3.8, 4) is 0 Å². The zero-order valence-electron chi connectivity index (χ0n) is 16.3. The largest absolute Gasteiger partial charge is 0.417 e. The van der Waals surface area contributed by atoms with Gasteiger partial charge in [-0.2, -0.15) is 17.5 Å². The van der Waals surface area contributed by atoms with Crippen LogP contribution in [0.1, 0.15) is 21.5 Å². The Balaban J connectivity index is 1.79. The molecule has 1 heterocycles. The lowest BCUT2D eigenvalue weighted by molar-refractivity contribution is -0.385. The molecule has 1 aliphatic heterocycles. The Kier molecular flexibility index (Phi) is 6.05. The lowest BCUT2D eigenvalue weighted by Crippen LogP contribution is -2.50. The molecular formula is C19H18F3N3O5S. The number of carbonyl (C=O) groups is 1. The Morgan fingerprint density at radius 2 is 1.68 bits per heavy atom. The fourth-order valence-electron chi connectivity index (χ4n) is 3.34. The predicted molar refractivity (Wildman–Crippen MR) is 104 cm³/mol. The number of rotatable bonds is 4. The highest BCUT2D eigenvalue weighted by atomic mass is 32.2. The Bertz CT molecular complexity index is 1130. The Hall–Kier alpha value is -2.99. The number of nitro benzene ring substituents is 1. The number of benzene rings is 2. The molecule has 2 aromatic rings. The van der Waals surface area contributed by atoms with E-state index in [1.165, 1.54) is 31.2 Å². The summed E-state index contributed by atoms with van der Waals surface area (Å²) < 4.78 is 66.6. The van der Waals surface area contributed by atoms with E-state index in [2.05, 4.69) is 0 Å². The van der Waals surface area contributed by atoms with Crippen LogP contribution in [0.5, 0.6) is 0 Å². The molecule has 1 amide bonds. The van der Waals surface area contributed by atoms with Crippen molar-refractivity contribution in [3.63, 3.8) is 0 Å². The number of alkyl halides is 3. The maximum absolute atomic E-state index is 13.2. The van der Waals surface area contributed by atoms with Crippen molar-refractivity contribution in [2.24, 2.45) is 0 Å². The Labute approximate surface area is 176 Å². The highest BCUT2D eigenvalue weighted by Gasteiger charge is 2.37. The first-order valence-corrected chi connectivity index (χ1v) is 10.6. The lowest BCUT2D eigenvalue weighted by atomic mass is 10.1. The van der Waals surface area contributed by atoms with Gasteiger partial charge >= 0.3 is 6.18 Å². The van der Waals surface area contributed by atoms with Crippen LogP contribution in [0.4, 0.5) is 18.9 Å². The first-order chi connectivity index (χ1) is 14.4. The minimum Gasteiger partial charge on any atom is -0.336 e. The van der Waals surface area contributed by atoms with Gasteiger partial charge in [0.25, 0.3) is 11.6 Å². The molecule has 2 aromatic carbocycles. The highest BCUT2D eigenvalue weighted by Crippen LogP contribution is 2.33. The van der Waals surface area contributed by atoms with Gasteiger partial charge in [-0.1, -0.05) is 18.2 Å². The summed E-state index contributed by atoms with van der Waals surface area (Å²) >= 11 is 0. The Morgan fingerprint density at radius 1 is 1.06 bits per heavy atom. The molecule has 0 aliphatic carbocycles. The first-order valence-electron chi connectivity index (χ1n) is 9.13. The average molecular weight is 457 g/mol. The van der Waals surface area contributed by atoms with Gasteiger partial charge in [0.15, 0.2) is 0 Å². The summed E-state index contributed by atoms with van der Waals surface area (Å²) in [4.78, 5) is 23.9. The molecular weight excluding hydrogens is 439 g/mol. The van der Waals surface area contributed by atoms with Crippen molar-refractivity contribution < 1.29 is 31.3 Å². The van der Waals surface area contributed by atoms with E-state index in [0.29, 0.717) is 5.56 Å². The molecule has 3 rings (SSSR count). The lowest BCUT2D eigenvalue weighted by Gasteiger charge is -2.34. The molecule has 12 heteroatoms. The van der Waals surface area contributed by atoms with Crippen LogP contribution in [0.15, 0.2) is 47.4 Å². The summed E-state index contributed by atoms with van der Waals surface area (Å²) in [5.41, 5.74) is -1.60. The zero-order chi connectivity index (χ0) is 23.0. The van der Waals surface area contributed by atoms with Gasteiger partial charge in [0.1, 0.15) is 0 Å². The molecule has 0 unspecified atom stereocenters. The minimum absolute atomic E-state index is 0.113. The van der Waals surface area contributed by atoms with Crippen molar-refractivity contribution in [1.29, 1.82) is 0 Å². The van der Waals surface area contributed by atoms with E-state index in [1.807, 2.05) is 0 Å². The highest BCUT2D eigenvalue weighted by molar-refractivity contribution is 7.89. The van der Waals surface area contributed by atoms with Gasteiger partial charge in [-0.05, 0) is 24.6 Å². The van der Waals surface area contributed by atoms with Gasteiger partial charge in [0.05, 0.1) is 20.9 Å². The molecule has 0 aromatic heterocycles. The molecule has 31 heavy (non-hydrogen) atoms. The van der Waals surface area contributed by atoms with Crippen molar-refractivity contribution in [3.05, 3.63) is 69.3 Å². The number of non-ortho nitro benzene ring substituents is 1. The first kappa shape index (κ1) is 22.7. The van der Waals surface area contributed by atoms with E-state index < -0.39 is 38.2 Å². The maximum atomic E-state index is 13.2. The molecule has 0 atom stereocenters. The summed E-state index contributed by atoms with van der Waals surface area (Å²) in [6.45, 7) is 0.982. The van der Waals surface area contributed by atoms with Crippen LogP contribution in [0.3, 0.4) is 0 Å². The summed E-state index contributed by atoms with van der Waals surface area (Å²) in [5, 5.41) is 11.0. The number of halogens is 3. The number of hydrogen-bond acceptors (Lipinski definition) is 5. The molecule has 1 saturated heterocycles. The number of carbonyl (C=O) groups excluding carboxylic acids is 1. The van der Waals surface area contributed by atoms with E-state index >= 15 is 0 Å². The van der Waals surface area contributed by atoms with Gasteiger partial charge < -0.3 is 4.90 Å². The topological polar surface area (TPSA) is 101 Å². The fraction of sp³-hybridized carbons (Fsp3) is 0.316. The number of sulfonamides is 1. The third-order valence-electron chi connectivity index (χ3n) is 4.99. The van der Waals surface area contributed by atoms with Crippen molar-refractivity contribution in [2.45, 2.75) is 18.0 Å². The normalized spacial score (nSPS) is 15.7. The second kappa shape index (κ2) is 8.27. The molecule has 0 N–H and O–H groups in total. The van der Waals surface area contributed by atoms with E-state index in [4.69, 9.17) is 0 Å². The van der Waals surface area contributed by atoms with Crippen LogP contribution in [0.2, 0.25) is 0 Å². The van der Waals surface area contributed by atoms with Crippen LogP contribution in [-0.4, -0.2) is 54.6 Å². The third-order valence-corrected chi connectivity index (χ3v) is 7.03. The molecule has 1 fully saturated rings. The smallest absolute Gasteiger partial charge is 0.336 e. The van der Waals surface area contributed by atoms with Crippen LogP contribution in [-0.2, 0) is 16.2 Å². The molecule has 0 saturated carbocycles. The van der Waals surface area contributed by atoms with Crippen LogP contribution >= 0.6 is 0 Å². The van der Waals surface area contributed by atoms with E-state index in [1.54, 1.807) is 0 Å². The quantitative estimate of drug-likeness (QED) is 0.519. The Morgan fingerprint density at radius 3 is 2.26 bits per heavy atom. The molecule has 0 radical (unpaired) electrons. The van der Waals surface area contributed by atoms with Gasteiger partial charge in [0.2, 0.25) is 10.0 Å². The van der Waals surface area contributed by atoms with Gasteiger partial charge in [0, 0.05) is 38.3 Å². The van der Waals surface area contributed by atoms with Crippen molar-refractivity contribution in [2.75, 3.05) is 26.2 Å². The monoisotopic (exact) mass is 457 g/mol. The number of amides is 1. The number of nitro groups is 1. The van der Waals surface area contributed by atoms with Crippen molar-refractivity contribution >= 4 is 21.6 Å². The van der Waals surface area contributed by atoms with E-state index in [9.17, 15) is 36.5 Å². The predicted octanol–water partition coefficient (Wildman–Crippen LogP) is 3.07. The molecule has 0 bridgehead atoms. The standard InChI is InChI=1S/C19H18F3N3O5S/c1-13-6-7-14(25(27)28)12-17(13)31(29,30)24-10-8-23(9-11-24)18(26)15-4-2-3-5-16(15)19(20,21)22/h2-7,12H,8-11H2,1H3. The number of piperazine rings is 1. The second-order valence-corrected chi connectivity index (χ2v) is 8.85. The number of aryl methyl sites for hydroxylation is 1. The summed E-state index contributed by atoms with van der Waals surface area (Å²) in [7, 11) is -4.08. The summed E-state index contributed by atoms with van der Waals surface area (Å²) in [6.07, 6.45) is -4.70. The van der Waals surface area contributed by atoms with Gasteiger partial charge in [-0.3, -0.25) is 14.9 Å². The average Bonchev–Trinajstić information content (AvgIpc) is 2.72. The maximum Gasteiger partial charge on any atom is 0.417 e. The van der Waals surface area contributed by atoms with Crippen LogP contribution < -0.4 is 0 Å². The number of hydrogen-bond donors (Lipinski definition) is 0. The molecule has 8 nitrogen and oxygen atoms in total. The summed E-state index contributed by atoms with van der Waals surface area (Å²) in [5.74, 6) is -0.837.